The lowest BCUT2D eigenvalue weighted by Gasteiger charge is -2.31. The largest absolute Gasteiger partial charge is 0.444 e. The first-order chi connectivity index (χ1) is 13.1. The number of anilines is 1. The third-order valence-electron chi connectivity index (χ3n) is 4.41. The van der Waals surface area contributed by atoms with Gasteiger partial charge in [-0.3, -0.25) is 0 Å². The van der Waals surface area contributed by atoms with Crippen LogP contribution in [0.25, 0.3) is 0 Å². The van der Waals surface area contributed by atoms with Gasteiger partial charge < -0.3 is 15.4 Å². The van der Waals surface area contributed by atoms with Gasteiger partial charge in [0, 0.05) is 17.8 Å². The molecule has 0 aromatic heterocycles. The summed E-state index contributed by atoms with van der Waals surface area (Å²) in [5.74, 6) is 0. The molecule has 2 N–H and O–H groups in total. The number of nitrogens with one attached hydrogen (secondary N) is 2. The maximum Gasteiger partial charge on any atom is 0.416 e. The molecule has 0 atom stereocenters. The highest BCUT2D eigenvalue weighted by atomic mass is 19.4. The summed E-state index contributed by atoms with van der Waals surface area (Å²) >= 11 is 0. The Kier molecular flexibility index (Phi) is 6.64. The van der Waals surface area contributed by atoms with Crippen LogP contribution >= 0.6 is 0 Å². The van der Waals surface area contributed by atoms with Gasteiger partial charge in [0.2, 0.25) is 0 Å². The monoisotopic (exact) mass is 426 g/mol. The number of carbonyl (C=O) groups is 1. The van der Waals surface area contributed by atoms with Crippen LogP contribution in [0.5, 0.6) is 0 Å². The maximum absolute atomic E-state index is 13.0. The topological polar surface area (TPSA) is 50.4 Å². The molecular weight excluding hydrogens is 402 g/mol. The van der Waals surface area contributed by atoms with Crippen molar-refractivity contribution in [2.45, 2.75) is 76.5 Å². The Morgan fingerprint density at radius 1 is 0.862 bits per heavy atom. The first-order valence-corrected chi connectivity index (χ1v) is 9.19. The maximum atomic E-state index is 13.0. The fraction of sp³-hybridized carbons (Fsp3) is 0.632. The Hall–Kier alpha value is -2.13. The molecule has 0 unspecified atom stereocenters. The van der Waals surface area contributed by atoms with Crippen molar-refractivity contribution in [3.05, 3.63) is 29.3 Å². The van der Waals surface area contributed by atoms with Crippen LogP contribution in [0.15, 0.2) is 18.2 Å². The minimum Gasteiger partial charge on any atom is -0.444 e. The van der Waals surface area contributed by atoms with E-state index in [2.05, 4.69) is 10.6 Å². The molecule has 1 saturated carbocycles. The number of ether oxygens (including phenoxy) is 1. The zero-order chi connectivity index (χ0) is 22.0. The fourth-order valence-corrected chi connectivity index (χ4v) is 3.13. The minimum absolute atomic E-state index is 0.104. The molecule has 0 radical (unpaired) electrons. The Balaban J connectivity index is 2.00. The van der Waals surface area contributed by atoms with Crippen molar-refractivity contribution < 1.29 is 35.9 Å². The van der Waals surface area contributed by atoms with E-state index >= 15 is 0 Å². The van der Waals surface area contributed by atoms with Crippen molar-refractivity contribution >= 4 is 11.8 Å². The molecule has 2 rings (SSSR count). The molecule has 10 heteroatoms. The van der Waals surface area contributed by atoms with Crippen LogP contribution in [-0.2, 0) is 17.1 Å². The minimum atomic E-state index is -4.88. The van der Waals surface area contributed by atoms with Gasteiger partial charge >= 0.3 is 18.4 Å². The Labute approximate surface area is 165 Å². The van der Waals surface area contributed by atoms with E-state index in [0.29, 0.717) is 37.8 Å². The van der Waals surface area contributed by atoms with Crippen molar-refractivity contribution in [1.29, 1.82) is 0 Å². The third-order valence-corrected chi connectivity index (χ3v) is 4.41. The van der Waals surface area contributed by atoms with Gasteiger partial charge in [-0.1, -0.05) is 0 Å². The first-order valence-electron chi connectivity index (χ1n) is 9.19. The van der Waals surface area contributed by atoms with E-state index in [1.54, 1.807) is 20.8 Å². The molecule has 0 bridgehead atoms. The van der Waals surface area contributed by atoms with E-state index < -0.39 is 35.2 Å². The van der Waals surface area contributed by atoms with E-state index in [4.69, 9.17) is 4.74 Å². The Bertz CT molecular complexity index is 685. The summed E-state index contributed by atoms with van der Waals surface area (Å²) in [6.07, 6.45) is -8.29. The molecule has 29 heavy (non-hydrogen) atoms. The average molecular weight is 426 g/mol. The number of benzene rings is 1. The second-order valence-corrected chi connectivity index (χ2v) is 8.13. The summed E-state index contributed by atoms with van der Waals surface area (Å²) in [5, 5.41) is 5.51. The van der Waals surface area contributed by atoms with E-state index in [9.17, 15) is 31.1 Å². The number of alkyl carbamates (subject to hydrolysis) is 1. The third kappa shape index (κ3) is 7.32. The van der Waals surface area contributed by atoms with Crippen LogP contribution < -0.4 is 10.6 Å². The first kappa shape index (κ1) is 23.2. The predicted molar refractivity (Wildman–Crippen MR) is 95.5 cm³/mol. The Morgan fingerprint density at radius 2 is 1.31 bits per heavy atom. The Morgan fingerprint density at radius 3 is 1.72 bits per heavy atom. The van der Waals surface area contributed by atoms with Crippen LogP contribution in [0.2, 0.25) is 0 Å². The second-order valence-electron chi connectivity index (χ2n) is 8.13. The average Bonchev–Trinajstić information content (AvgIpc) is 2.53. The molecule has 1 aliphatic rings. The standard InChI is InChI=1S/C19H24F6N2O2/c1-17(2,3)29-16(28)27-14-6-4-13(5-7-14)26-15-9-11(18(20,21)22)8-12(10-15)19(23,24)25/h8-10,13-14,26H,4-7H2,1-3H3,(H,27,28)/t13-,14+. The van der Waals surface area contributed by atoms with Gasteiger partial charge in [0.05, 0.1) is 11.1 Å². The van der Waals surface area contributed by atoms with Gasteiger partial charge in [-0.25, -0.2) is 4.79 Å². The molecule has 4 nitrogen and oxygen atoms in total. The number of carbonyl (C=O) groups excluding carboxylic acids is 1. The van der Waals surface area contributed by atoms with E-state index in [-0.39, 0.29) is 23.8 Å². The highest BCUT2D eigenvalue weighted by molar-refractivity contribution is 5.68. The van der Waals surface area contributed by atoms with Crippen LogP contribution in [0.3, 0.4) is 0 Å². The van der Waals surface area contributed by atoms with Crippen LogP contribution in [0.4, 0.5) is 36.8 Å². The SMILES string of the molecule is CC(C)(C)OC(=O)N[C@H]1CC[C@@H](Nc2cc(C(F)(F)F)cc(C(F)(F)F)c2)CC1. The summed E-state index contributed by atoms with van der Waals surface area (Å²) in [6, 6.07) is 1.01. The number of hydrogen-bond acceptors (Lipinski definition) is 3. The highest BCUT2D eigenvalue weighted by Gasteiger charge is 2.37. The van der Waals surface area contributed by atoms with Crippen molar-refractivity contribution in [2.24, 2.45) is 0 Å². The van der Waals surface area contributed by atoms with E-state index in [1.165, 1.54) is 0 Å². The number of alkyl halides is 6. The zero-order valence-electron chi connectivity index (χ0n) is 16.3. The number of rotatable bonds is 3. The molecule has 1 fully saturated rings. The molecule has 0 spiro atoms. The van der Waals surface area contributed by atoms with Gasteiger partial charge in [-0.05, 0) is 64.7 Å². The van der Waals surface area contributed by atoms with Crippen molar-refractivity contribution in [1.82, 2.24) is 5.32 Å². The van der Waals surface area contributed by atoms with Crippen molar-refractivity contribution in [3.8, 4) is 0 Å². The zero-order valence-corrected chi connectivity index (χ0v) is 16.3. The van der Waals surface area contributed by atoms with Crippen LogP contribution in [0, 0.1) is 0 Å². The molecular formula is C19H24F6N2O2. The van der Waals surface area contributed by atoms with Gasteiger partial charge in [0.25, 0.3) is 0 Å². The fourth-order valence-electron chi connectivity index (χ4n) is 3.13. The summed E-state index contributed by atoms with van der Waals surface area (Å²) in [5.41, 5.74) is -3.57. The predicted octanol–water partition coefficient (Wildman–Crippen LogP) is 5.97. The van der Waals surface area contributed by atoms with Crippen molar-refractivity contribution in [3.63, 3.8) is 0 Å². The summed E-state index contributed by atoms with van der Waals surface area (Å²) in [6.45, 7) is 5.20. The van der Waals surface area contributed by atoms with Gasteiger partial charge in [-0.15, -0.1) is 0 Å². The van der Waals surface area contributed by atoms with Gasteiger partial charge in [-0.2, -0.15) is 26.3 Å². The smallest absolute Gasteiger partial charge is 0.416 e. The lowest BCUT2D eigenvalue weighted by molar-refractivity contribution is -0.143. The number of hydrogen-bond donors (Lipinski definition) is 2. The van der Waals surface area contributed by atoms with E-state index in [0.717, 1.165) is 0 Å². The van der Waals surface area contributed by atoms with Crippen molar-refractivity contribution in [2.75, 3.05) is 5.32 Å². The van der Waals surface area contributed by atoms with Gasteiger partial charge in [0.15, 0.2) is 0 Å². The molecule has 0 saturated heterocycles. The summed E-state index contributed by atoms with van der Waals surface area (Å²) < 4.78 is 82.9. The molecule has 0 heterocycles. The molecule has 1 aromatic rings. The lowest BCUT2D eigenvalue weighted by atomic mass is 9.91. The van der Waals surface area contributed by atoms with Crippen LogP contribution in [0.1, 0.15) is 57.6 Å². The second kappa shape index (κ2) is 8.31. The lowest BCUT2D eigenvalue weighted by Crippen LogP contribution is -2.42. The molecule has 1 aliphatic carbocycles. The van der Waals surface area contributed by atoms with Gasteiger partial charge in [0.1, 0.15) is 5.60 Å². The number of halogens is 6. The molecule has 1 amide bonds. The molecule has 164 valence electrons. The molecule has 0 aliphatic heterocycles. The quantitative estimate of drug-likeness (QED) is 0.586. The highest BCUT2D eigenvalue weighted by Crippen LogP contribution is 2.38. The summed E-state index contributed by atoms with van der Waals surface area (Å²) in [7, 11) is 0. The van der Waals surface area contributed by atoms with E-state index in [1.807, 2.05) is 0 Å². The molecule has 1 aromatic carbocycles. The summed E-state index contributed by atoms with van der Waals surface area (Å²) in [4.78, 5) is 11.8. The van der Waals surface area contributed by atoms with Crippen LogP contribution in [-0.4, -0.2) is 23.8 Å². The normalized spacial score (nSPS) is 20.9. The number of amides is 1.